The first-order valence-electron chi connectivity index (χ1n) is 7.47. The van der Waals surface area contributed by atoms with E-state index in [9.17, 15) is 9.90 Å². The Morgan fingerprint density at radius 3 is 2.73 bits per heavy atom. The molecular formula is C16H22N4O2. The Kier molecular flexibility index (Phi) is 5.27. The zero-order chi connectivity index (χ0) is 16.1. The topological polar surface area (TPSA) is 90.9 Å². The van der Waals surface area contributed by atoms with E-state index in [-0.39, 0.29) is 11.7 Å². The minimum atomic E-state index is -0.371. The number of anilines is 1. The van der Waals surface area contributed by atoms with E-state index in [1.165, 1.54) is 0 Å². The maximum absolute atomic E-state index is 11.8. The van der Waals surface area contributed by atoms with Crippen molar-refractivity contribution in [1.82, 2.24) is 15.0 Å². The number of pyridine rings is 1. The van der Waals surface area contributed by atoms with E-state index in [0.29, 0.717) is 29.4 Å². The van der Waals surface area contributed by atoms with Crippen molar-refractivity contribution in [1.29, 1.82) is 0 Å². The molecule has 0 aliphatic heterocycles. The molecule has 2 aromatic heterocycles. The third-order valence-corrected chi connectivity index (χ3v) is 3.57. The van der Waals surface area contributed by atoms with Crippen LogP contribution in [-0.2, 0) is 0 Å². The van der Waals surface area contributed by atoms with E-state index >= 15 is 0 Å². The minimum absolute atomic E-state index is 0.132. The number of rotatable bonds is 6. The van der Waals surface area contributed by atoms with Gasteiger partial charge in [-0.1, -0.05) is 13.3 Å². The average molecular weight is 302 g/mol. The van der Waals surface area contributed by atoms with Crippen LogP contribution < -0.4 is 10.9 Å². The van der Waals surface area contributed by atoms with Gasteiger partial charge in [0, 0.05) is 29.6 Å². The van der Waals surface area contributed by atoms with Gasteiger partial charge in [-0.15, -0.1) is 0 Å². The molecule has 0 aliphatic rings. The van der Waals surface area contributed by atoms with Crippen LogP contribution in [0.4, 0.5) is 5.82 Å². The maximum Gasteiger partial charge on any atom is 0.254 e. The van der Waals surface area contributed by atoms with E-state index in [1.54, 1.807) is 13.1 Å². The molecule has 22 heavy (non-hydrogen) atoms. The Morgan fingerprint density at radius 1 is 1.36 bits per heavy atom. The van der Waals surface area contributed by atoms with Gasteiger partial charge >= 0.3 is 0 Å². The van der Waals surface area contributed by atoms with Crippen molar-refractivity contribution in [2.75, 3.05) is 11.9 Å². The summed E-state index contributed by atoms with van der Waals surface area (Å²) in [5.74, 6) is 1.20. The number of aliphatic hydroxyl groups is 1. The number of nitrogens with one attached hydrogen (secondary N) is 2. The monoisotopic (exact) mass is 302 g/mol. The second kappa shape index (κ2) is 7.17. The molecule has 1 unspecified atom stereocenters. The van der Waals surface area contributed by atoms with Crippen LogP contribution in [0.2, 0.25) is 0 Å². The number of nitrogens with zero attached hydrogens (tertiary/aromatic N) is 2. The Bertz CT molecular complexity index is 680. The van der Waals surface area contributed by atoms with Crippen molar-refractivity contribution in [3.8, 4) is 11.4 Å². The predicted molar refractivity (Wildman–Crippen MR) is 87.0 cm³/mol. The maximum atomic E-state index is 11.8. The highest BCUT2D eigenvalue weighted by atomic mass is 16.3. The van der Waals surface area contributed by atoms with Crippen molar-refractivity contribution < 1.29 is 5.11 Å². The molecule has 0 spiro atoms. The molecule has 6 heteroatoms. The molecule has 2 rings (SSSR count). The minimum Gasteiger partial charge on any atom is -0.391 e. The summed E-state index contributed by atoms with van der Waals surface area (Å²) < 4.78 is 0. The first-order chi connectivity index (χ1) is 10.5. The largest absolute Gasteiger partial charge is 0.391 e. The van der Waals surface area contributed by atoms with Crippen LogP contribution >= 0.6 is 0 Å². The summed E-state index contributed by atoms with van der Waals surface area (Å²) in [6.07, 6.45) is 2.99. The highest BCUT2D eigenvalue weighted by Gasteiger charge is 2.07. The van der Waals surface area contributed by atoms with E-state index in [4.69, 9.17) is 0 Å². The molecular weight excluding hydrogens is 280 g/mol. The van der Waals surface area contributed by atoms with Crippen LogP contribution in [-0.4, -0.2) is 32.7 Å². The highest BCUT2D eigenvalue weighted by Crippen LogP contribution is 2.15. The summed E-state index contributed by atoms with van der Waals surface area (Å²) in [5.41, 5.74) is 1.95. The van der Waals surface area contributed by atoms with Gasteiger partial charge in [0.25, 0.3) is 5.56 Å². The molecule has 0 aromatic carbocycles. The van der Waals surface area contributed by atoms with Gasteiger partial charge in [0.05, 0.1) is 6.10 Å². The molecule has 2 aromatic rings. The lowest BCUT2D eigenvalue weighted by Crippen LogP contribution is -2.19. The summed E-state index contributed by atoms with van der Waals surface area (Å²) in [6, 6.07) is 3.65. The average Bonchev–Trinajstić information content (AvgIpc) is 2.51. The third kappa shape index (κ3) is 3.92. The van der Waals surface area contributed by atoms with Gasteiger partial charge in [0.15, 0.2) is 0 Å². The van der Waals surface area contributed by atoms with Crippen molar-refractivity contribution in [3.05, 3.63) is 39.9 Å². The Balaban J connectivity index is 2.10. The van der Waals surface area contributed by atoms with Gasteiger partial charge in [-0.2, -0.15) is 0 Å². The van der Waals surface area contributed by atoms with Crippen molar-refractivity contribution in [2.45, 2.75) is 39.7 Å². The number of aliphatic hydroxyl groups excluding tert-OH is 1. The number of aromatic amines is 1. The fourth-order valence-corrected chi connectivity index (χ4v) is 2.08. The molecule has 2 heterocycles. The molecule has 0 saturated heterocycles. The van der Waals surface area contributed by atoms with Gasteiger partial charge in [-0.3, -0.25) is 4.79 Å². The predicted octanol–water partition coefficient (Wildman–Crippen LogP) is 2.02. The van der Waals surface area contributed by atoms with Crippen molar-refractivity contribution in [3.63, 3.8) is 0 Å². The second-order valence-electron chi connectivity index (χ2n) is 5.38. The quantitative estimate of drug-likeness (QED) is 0.759. The number of hydrogen-bond acceptors (Lipinski definition) is 5. The smallest absolute Gasteiger partial charge is 0.254 e. The first kappa shape index (κ1) is 16.2. The molecule has 0 fully saturated rings. The molecule has 118 valence electrons. The number of H-pyrrole nitrogens is 1. The Morgan fingerprint density at radius 2 is 2.14 bits per heavy atom. The summed E-state index contributed by atoms with van der Waals surface area (Å²) >= 11 is 0. The fraction of sp³-hybridized carbons (Fsp3) is 0.438. The highest BCUT2D eigenvalue weighted by molar-refractivity contribution is 5.56. The summed E-state index contributed by atoms with van der Waals surface area (Å²) in [5, 5.41) is 12.8. The van der Waals surface area contributed by atoms with Gasteiger partial charge in [-0.25, -0.2) is 9.97 Å². The van der Waals surface area contributed by atoms with Gasteiger partial charge in [0.2, 0.25) is 0 Å². The van der Waals surface area contributed by atoms with Crippen LogP contribution in [0.5, 0.6) is 0 Å². The molecule has 0 radical (unpaired) electrons. The van der Waals surface area contributed by atoms with Crippen LogP contribution in [0.25, 0.3) is 11.4 Å². The molecule has 1 atom stereocenters. The SMILES string of the molecule is CCCC(O)CNc1ccc(-c2nc(C)c(C)c(=O)[nH]2)cn1. The Hall–Kier alpha value is -2.21. The van der Waals surface area contributed by atoms with Crippen molar-refractivity contribution in [2.24, 2.45) is 0 Å². The third-order valence-electron chi connectivity index (χ3n) is 3.57. The first-order valence-corrected chi connectivity index (χ1v) is 7.47. The van der Waals surface area contributed by atoms with Crippen LogP contribution in [0.3, 0.4) is 0 Å². The number of hydrogen-bond donors (Lipinski definition) is 3. The second-order valence-corrected chi connectivity index (χ2v) is 5.38. The summed E-state index contributed by atoms with van der Waals surface area (Å²) in [7, 11) is 0. The Labute approximate surface area is 129 Å². The normalized spacial score (nSPS) is 12.2. The lowest BCUT2D eigenvalue weighted by Gasteiger charge is -2.11. The van der Waals surface area contributed by atoms with E-state index < -0.39 is 0 Å². The van der Waals surface area contributed by atoms with Gasteiger partial charge in [0.1, 0.15) is 11.6 Å². The van der Waals surface area contributed by atoms with Crippen LogP contribution in [0.15, 0.2) is 23.1 Å². The zero-order valence-electron chi connectivity index (χ0n) is 13.2. The van der Waals surface area contributed by atoms with Gasteiger partial charge < -0.3 is 15.4 Å². The lowest BCUT2D eigenvalue weighted by molar-refractivity contribution is 0.176. The molecule has 0 saturated carbocycles. The zero-order valence-corrected chi connectivity index (χ0v) is 13.2. The number of aromatic nitrogens is 3. The van der Waals surface area contributed by atoms with Gasteiger partial charge in [-0.05, 0) is 32.4 Å². The lowest BCUT2D eigenvalue weighted by atomic mass is 10.2. The molecule has 6 nitrogen and oxygen atoms in total. The molecule has 3 N–H and O–H groups in total. The van der Waals surface area contributed by atoms with Crippen molar-refractivity contribution >= 4 is 5.82 Å². The van der Waals surface area contributed by atoms with E-state index in [0.717, 1.165) is 18.4 Å². The van der Waals surface area contributed by atoms with E-state index in [2.05, 4.69) is 20.3 Å². The standard InChI is InChI=1S/C16H22N4O2/c1-4-5-13(21)9-18-14-7-6-12(8-17-14)15-19-11(3)10(2)16(22)20-15/h6-8,13,21H,4-5,9H2,1-3H3,(H,17,18)(H,19,20,22). The molecule has 0 amide bonds. The fourth-order valence-electron chi connectivity index (χ4n) is 2.08. The molecule has 0 aliphatic carbocycles. The van der Waals surface area contributed by atoms with Crippen LogP contribution in [0.1, 0.15) is 31.0 Å². The summed E-state index contributed by atoms with van der Waals surface area (Å²) in [6.45, 7) is 6.07. The van der Waals surface area contributed by atoms with Crippen LogP contribution in [0, 0.1) is 13.8 Å². The summed E-state index contributed by atoms with van der Waals surface area (Å²) in [4.78, 5) is 23.2. The molecule has 0 bridgehead atoms. The van der Waals surface area contributed by atoms with E-state index in [1.807, 2.05) is 26.0 Å². The number of aryl methyl sites for hydroxylation is 1.